The summed E-state index contributed by atoms with van der Waals surface area (Å²) in [6.07, 6.45) is -15.2. The molecule has 2 atom stereocenters. The average Bonchev–Trinajstić information content (AvgIpc) is 2.82. The van der Waals surface area contributed by atoms with Crippen molar-refractivity contribution in [3.05, 3.63) is 48.0 Å². The molecule has 2 aromatic rings. The quantitative estimate of drug-likeness (QED) is 0.398. The van der Waals surface area contributed by atoms with Crippen molar-refractivity contribution in [2.45, 2.75) is 55.3 Å². The van der Waals surface area contributed by atoms with Crippen LogP contribution in [0.15, 0.2) is 47.4 Å². The van der Waals surface area contributed by atoms with Crippen molar-refractivity contribution >= 4 is 33.5 Å². The van der Waals surface area contributed by atoms with Gasteiger partial charge in [-0.25, -0.2) is 18.0 Å². The number of benzene rings is 2. The van der Waals surface area contributed by atoms with Crippen LogP contribution in [0.3, 0.4) is 0 Å². The standard InChI is InChI=1S/C23H22F6N2O8S/c1-21(2,23(27,28)29)39-20(35)30-13-6-7-18-16(9-13)31(11-14(38-18)10-17(32)19(33)34)40(36,37)15-5-3-4-12(8-15)22(24,25)26/h3-9,14,17,32H,10-11H2,1-2H3,(H,30,35)(H,33,34)/t14-,17?/m0/s1. The molecular formula is C23H22F6N2O8S. The summed E-state index contributed by atoms with van der Waals surface area (Å²) in [6.45, 7) is 0.523. The number of aliphatic carboxylic acids is 1. The molecule has 3 N–H and O–H groups in total. The fourth-order valence-corrected chi connectivity index (χ4v) is 5.03. The highest BCUT2D eigenvalue weighted by Crippen LogP contribution is 2.41. The highest BCUT2D eigenvalue weighted by molar-refractivity contribution is 7.92. The monoisotopic (exact) mass is 600 g/mol. The van der Waals surface area contributed by atoms with E-state index in [1.807, 2.05) is 5.32 Å². The Balaban J connectivity index is 2.02. The van der Waals surface area contributed by atoms with Crippen molar-refractivity contribution in [2.75, 3.05) is 16.2 Å². The van der Waals surface area contributed by atoms with Crippen molar-refractivity contribution in [2.24, 2.45) is 0 Å². The van der Waals surface area contributed by atoms with Crippen LogP contribution in [0.2, 0.25) is 0 Å². The Morgan fingerprint density at radius 2 is 1.77 bits per heavy atom. The number of carboxylic acid groups (broad SMARTS) is 1. The zero-order valence-electron chi connectivity index (χ0n) is 20.6. The lowest BCUT2D eigenvalue weighted by atomic mass is 10.1. The van der Waals surface area contributed by atoms with Crippen LogP contribution < -0.4 is 14.4 Å². The smallest absolute Gasteiger partial charge is 0.427 e. The number of nitrogens with zero attached hydrogens (tertiary/aromatic N) is 1. The molecule has 1 aliphatic heterocycles. The first-order chi connectivity index (χ1) is 18.2. The van der Waals surface area contributed by atoms with Crippen molar-refractivity contribution in [1.82, 2.24) is 0 Å². The topological polar surface area (TPSA) is 142 Å². The lowest BCUT2D eigenvalue weighted by Gasteiger charge is -2.36. The van der Waals surface area contributed by atoms with E-state index in [0.717, 1.165) is 30.3 Å². The van der Waals surface area contributed by atoms with Crippen LogP contribution in [0.25, 0.3) is 0 Å². The van der Waals surface area contributed by atoms with Gasteiger partial charge in [-0.05, 0) is 50.2 Å². The second kappa shape index (κ2) is 10.7. The molecule has 0 spiro atoms. The molecule has 0 saturated carbocycles. The van der Waals surface area contributed by atoms with Gasteiger partial charge in [0.2, 0.25) is 5.60 Å². The van der Waals surface area contributed by atoms with Crippen molar-refractivity contribution in [3.8, 4) is 5.75 Å². The number of hydrogen-bond donors (Lipinski definition) is 3. The Morgan fingerprint density at radius 1 is 1.12 bits per heavy atom. The summed E-state index contributed by atoms with van der Waals surface area (Å²) < 4.78 is 117. The van der Waals surface area contributed by atoms with Gasteiger partial charge in [0.15, 0.2) is 6.10 Å². The molecule has 40 heavy (non-hydrogen) atoms. The molecule has 3 rings (SSSR count). The molecule has 1 heterocycles. The second-order valence-corrected chi connectivity index (χ2v) is 11.0. The summed E-state index contributed by atoms with van der Waals surface area (Å²) in [5.74, 6) is -1.87. The van der Waals surface area contributed by atoms with Gasteiger partial charge in [-0.1, -0.05) is 6.07 Å². The van der Waals surface area contributed by atoms with Gasteiger partial charge in [-0.2, -0.15) is 26.3 Å². The van der Waals surface area contributed by atoms with Crippen molar-refractivity contribution < 1.29 is 64.0 Å². The number of alkyl halides is 6. The maximum Gasteiger partial charge on any atom is 0.427 e. The summed E-state index contributed by atoms with van der Waals surface area (Å²) in [7, 11) is -4.81. The fourth-order valence-electron chi connectivity index (χ4n) is 3.48. The van der Waals surface area contributed by atoms with Gasteiger partial charge in [0.05, 0.1) is 22.7 Å². The third kappa shape index (κ3) is 6.70. The number of halogens is 6. The summed E-state index contributed by atoms with van der Waals surface area (Å²) in [6, 6.07) is 5.93. The van der Waals surface area contributed by atoms with Crippen LogP contribution in [0.5, 0.6) is 5.75 Å². The number of amides is 1. The number of hydrogen-bond acceptors (Lipinski definition) is 7. The van der Waals surface area contributed by atoms with E-state index in [0.29, 0.717) is 30.3 Å². The predicted octanol–water partition coefficient (Wildman–Crippen LogP) is 4.39. The lowest BCUT2D eigenvalue weighted by molar-refractivity contribution is -0.242. The van der Waals surface area contributed by atoms with Crippen LogP contribution in [0.4, 0.5) is 42.5 Å². The minimum Gasteiger partial charge on any atom is -0.486 e. The number of ether oxygens (including phenoxy) is 2. The highest BCUT2D eigenvalue weighted by Gasteiger charge is 2.51. The number of nitrogens with one attached hydrogen (secondary N) is 1. The molecule has 17 heteroatoms. The van der Waals surface area contributed by atoms with E-state index >= 15 is 0 Å². The maximum atomic E-state index is 13.5. The zero-order valence-corrected chi connectivity index (χ0v) is 21.4. The second-order valence-electron chi connectivity index (χ2n) is 9.10. The van der Waals surface area contributed by atoms with Crippen LogP contribution in [-0.2, 0) is 25.7 Å². The number of carboxylic acids is 1. The van der Waals surface area contributed by atoms with Gasteiger partial charge >= 0.3 is 24.4 Å². The Kier molecular flexibility index (Phi) is 8.23. The van der Waals surface area contributed by atoms with Crippen LogP contribution in [0.1, 0.15) is 25.8 Å². The summed E-state index contributed by atoms with van der Waals surface area (Å²) >= 11 is 0. The number of aliphatic hydroxyl groups excluding tert-OH is 1. The van der Waals surface area contributed by atoms with E-state index in [1.54, 1.807) is 0 Å². The van der Waals surface area contributed by atoms with E-state index in [9.17, 15) is 49.5 Å². The van der Waals surface area contributed by atoms with Gasteiger partial charge in [0.1, 0.15) is 11.9 Å². The summed E-state index contributed by atoms with van der Waals surface area (Å²) in [5.41, 5.74) is -4.76. The number of rotatable bonds is 7. The molecule has 1 aliphatic rings. The molecule has 1 amide bonds. The lowest BCUT2D eigenvalue weighted by Crippen LogP contribution is -2.45. The minimum absolute atomic E-state index is 0.237. The Labute approximate surface area is 223 Å². The first-order valence-corrected chi connectivity index (χ1v) is 12.6. The minimum atomic E-state index is -4.92. The molecule has 1 unspecified atom stereocenters. The van der Waals surface area contributed by atoms with E-state index in [2.05, 4.69) is 4.74 Å². The predicted molar refractivity (Wildman–Crippen MR) is 125 cm³/mol. The third-order valence-electron chi connectivity index (χ3n) is 5.69. The molecule has 10 nitrogen and oxygen atoms in total. The van der Waals surface area contributed by atoms with E-state index < -0.39 is 75.7 Å². The van der Waals surface area contributed by atoms with Crippen LogP contribution in [-0.4, -0.2) is 61.2 Å². The van der Waals surface area contributed by atoms with Gasteiger partial charge in [0, 0.05) is 12.1 Å². The molecular weight excluding hydrogens is 578 g/mol. The Hall–Kier alpha value is -3.73. The number of carbonyl (C=O) groups is 2. The Morgan fingerprint density at radius 3 is 2.35 bits per heavy atom. The fraction of sp³-hybridized carbons (Fsp3) is 0.391. The summed E-state index contributed by atoms with van der Waals surface area (Å²) in [5, 5.41) is 20.8. The molecule has 0 fully saturated rings. The number of fused-ring (bicyclic) bond motifs is 1. The van der Waals surface area contributed by atoms with E-state index in [1.165, 1.54) is 0 Å². The van der Waals surface area contributed by atoms with Gasteiger partial charge in [-0.3, -0.25) is 9.62 Å². The van der Waals surface area contributed by atoms with Crippen LogP contribution >= 0.6 is 0 Å². The molecule has 0 radical (unpaired) electrons. The summed E-state index contributed by atoms with van der Waals surface area (Å²) in [4.78, 5) is 22.4. The number of anilines is 2. The SMILES string of the molecule is CC(C)(OC(=O)Nc1ccc2c(c1)N(S(=O)(=O)c1cccc(C(F)(F)F)c1)C[C@H](CC(O)C(=O)O)O2)C(F)(F)F. The van der Waals surface area contributed by atoms with Crippen molar-refractivity contribution in [1.29, 1.82) is 0 Å². The number of aliphatic hydroxyl groups is 1. The molecule has 0 saturated heterocycles. The van der Waals surface area contributed by atoms with Gasteiger partial charge in [-0.15, -0.1) is 0 Å². The van der Waals surface area contributed by atoms with E-state index in [-0.39, 0.29) is 17.1 Å². The molecule has 220 valence electrons. The van der Waals surface area contributed by atoms with Gasteiger partial charge in [0.25, 0.3) is 10.0 Å². The van der Waals surface area contributed by atoms with Gasteiger partial charge < -0.3 is 19.7 Å². The third-order valence-corrected chi connectivity index (χ3v) is 7.46. The molecule has 0 bridgehead atoms. The highest BCUT2D eigenvalue weighted by atomic mass is 32.2. The molecule has 2 aromatic carbocycles. The molecule has 0 aromatic heterocycles. The number of sulfonamides is 1. The largest absolute Gasteiger partial charge is 0.486 e. The average molecular weight is 600 g/mol. The zero-order chi connectivity index (χ0) is 30.3. The number of carbonyl (C=O) groups excluding carboxylic acids is 1. The first-order valence-electron chi connectivity index (χ1n) is 11.2. The maximum absolute atomic E-state index is 13.5. The first kappa shape index (κ1) is 30.8. The van der Waals surface area contributed by atoms with Crippen LogP contribution in [0, 0.1) is 0 Å². The van der Waals surface area contributed by atoms with E-state index in [4.69, 9.17) is 9.84 Å². The Bertz CT molecular complexity index is 1390. The van der Waals surface area contributed by atoms with Crippen molar-refractivity contribution in [3.63, 3.8) is 0 Å². The molecule has 0 aliphatic carbocycles. The normalized spacial score (nSPS) is 16.9.